The van der Waals surface area contributed by atoms with Gasteiger partial charge in [-0.05, 0) is 170 Å². The van der Waals surface area contributed by atoms with Gasteiger partial charge in [0.25, 0.3) is 0 Å². The van der Waals surface area contributed by atoms with Crippen molar-refractivity contribution >= 4 is 34.7 Å². The fourth-order valence-corrected chi connectivity index (χ4v) is 21.8. The molecule has 0 saturated heterocycles. The van der Waals surface area contributed by atoms with Crippen molar-refractivity contribution in [3.05, 3.63) is 71.4 Å². The summed E-state index contributed by atoms with van der Waals surface area (Å²) < 4.78 is 50.6. The number of aliphatic hydroxyl groups excluding tert-OH is 6. The molecule has 9 N–H and O–H groups in total. The Balaban J connectivity index is 0.000000140. The van der Waals surface area contributed by atoms with Crippen LogP contribution in [-0.4, -0.2) is 153 Å². The SMILES string of the molecule is C[C@@H]1C[C@H]2[C@@H]3CCC4=CC(=O)C=C[C@]4(C)[C@@]3(F)[C@@H](O)C[C@]2(C)[C@@]1(O)C(=O)CO.C[C@@H]1C[C@H]2[C@@H]3CCC4=CC(=O)C=C[C@]4(C)[C@@]3(F)[C@@H](O)C[C@]2(C)[C@@]1(O)C(=O)CO.C[C@@H]1C[C@H]2[C@@H]3CCC4=CC(=O)C=C[C@]4(C)[C@@]3(F)[C@@H](O)C[C@]2(C)[C@@]1(O)C(=O)CO. The topological polar surface area (TPSA) is 284 Å². The zero-order chi connectivity index (χ0) is 62.1. The van der Waals surface area contributed by atoms with Crippen molar-refractivity contribution < 1.29 is 87.9 Å². The molecule has 24 atom stereocenters. The lowest BCUT2D eigenvalue weighted by atomic mass is 9.44. The largest absolute Gasteiger partial charge is 0.390 e. The van der Waals surface area contributed by atoms with Gasteiger partial charge in [0.2, 0.25) is 0 Å². The number of rotatable bonds is 6. The highest BCUT2D eigenvalue weighted by molar-refractivity contribution is 6.02. The third-order valence-electron chi connectivity index (χ3n) is 26.4. The summed E-state index contributed by atoms with van der Waals surface area (Å²) in [5, 5.41) is 95.9. The lowest BCUT2D eigenvalue weighted by molar-refractivity contribution is -0.219. The Morgan fingerprint density at radius 2 is 0.667 bits per heavy atom. The second kappa shape index (κ2) is 19.9. The first-order chi connectivity index (χ1) is 38.9. The van der Waals surface area contributed by atoms with Crippen molar-refractivity contribution in [2.75, 3.05) is 19.8 Å². The van der Waals surface area contributed by atoms with Crippen LogP contribution >= 0.6 is 0 Å². The second-order valence-electron chi connectivity index (χ2n) is 29.2. The second-order valence-corrected chi connectivity index (χ2v) is 29.2. The van der Waals surface area contributed by atoms with Gasteiger partial charge in [0, 0.05) is 50.2 Å². The molecule has 12 aliphatic carbocycles. The van der Waals surface area contributed by atoms with Crippen LogP contribution in [0, 0.1) is 85.8 Å². The number of aliphatic hydroxyl groups is 9. The van der Waals surface area contributed by atoms with Crippen molar-refractivity contribution in [2.45, 2.75) is 191 Å². The van der Waals surface area contributed by atoms with Crippen molar-refractivity contribution in [1.29, 1.82) is 0 Å². The van der Waals surface area contributed by atoms with Gasteiger partial charge >= 0.3 is 0 Å². The number of carbonyl (C=O) groups excluding carboxylic acids is 6. The number of carbonyl (C=O) groups is 6. The van der Waals surface area contributed by atoms with E-state index in [1.165, 1.54) is 36.5 Å². The first kappa shape index (κ1) is 62.9. The molecule has 9 saturated carbocycles. The molecular weight excluding hydrogens is 1090 g/mol. The molecule has 0 unspecified atom stereocenters. The molecule has 0 heterocycles. The normalized spacial score (nSPS) is 52.5. The predicted molar refractivity (Wildman–Crippen MR) is 300 cm³/mol. The number of hydrogen-bond donors (Lipinski definition) is 9. The van der Waals surface area contributed by atoms with E-state index in [1.54, 1.807) is 80.5 Å². The van der Waals surface area contributed by atoms with Crippen LogP contribution in [0.25, 0.3) is 0 Å². The lowest BCUT2D eigenvalue weighted by Crippen LogP contribution is -2.69. The molecular formula is C66H87F3O15. The summed E-state index contributed by atoms with van der Waals surface area (Å²) in [5.74, 6) is -6.36. The monoisotopic (exact) mass is 1180 g/mol. The maximum Gasteiger partial charge on any atom is 0.190 e. The summed E-state index contributed by atoms with van der Waals surface area (Å²) in [5.41, 5.74) is -15.5. The molecule has 0 aromatic rings. The smallest absolute Gasteiger partial charge is 0.190 e. The van der Waals surface area contributed by atoms with E-state index in [1.807, 2.05) is 0 Å². The van der Waals surface area contributed by atoms with Crippen LogP contribution in [0.4, 0.5) is 13.2 Å². The van der Waals surface area contributed by atoms with E-state index in [4.69, 9.17) is 0 Å². The lowest BCUT2D eigenvalue weighted by Gasteiger charge is -2.62. The van der Waals surface area contributed by atoms with Gasteiger partial charge in [0.05, 0.1) is 18.3 Å². The molecule has 0 aromatic heterocycles. The molecule has 15 nitrogen and oxygen atoms in total. The van der Waals surface area contributed by atoms with Crippen LogP contribution in [0.5, 0.6) is 0 Å². The maximum atomic E-state index is 16.9. The highest BCUT2D eigenvalue weighted by atomic mass is 19.2. The molecule has 12 rings (SSSR count). The molecule has 462 valence electrons. The number of hydrogen-bond acceptors (Lipinski definition) is 15. The predicted octanol–water partition coefficient (Wildman–Crippen LogP) is 5.69. The number of allylic oxidation sites excluding steroid dienone is 12. The molecule has 0 radical (unpaired) electrons. The Hall–Kier alpha value is -4.11. The minimum absolute atomic E-state index is 0.0676. The third kappa shape index (κ3) is 7.49. The van der Waals surface area contributed by atoms with Crippen LogP contribution in [-0.2, 0) is 28.8 Å². The number of ketones is 6. The average Bonchev–Trinajstić information content (AvgIpc) is 1.72. The molecule has 0 bridgehead atoms. The van der Waals surface area contributed by atoms with E-state index in [0.717, 1.165) is 0 Å². The van der Waals surface area contributed by atoms with Crippen molar-refractivity contribution in [3.8, 4) is 0 Å². The maximum absolute atomic E-state index is 16.9. The van der Waals surface area contributed by atoms with Gasteiger partial charge in [0.15, 0.2) is 51.7 Å². The van der Waals surface area contributed by atoms with Gasteiger partial charge in [-0.2, -0.15) is 0 Å². The average molecular weight is 1180 g/mol. The Morgan fingerprint density at radius 3 is 0.881 bits per heavy atom. The highest BCUT2D eigenvalue weighted by Crippen LogP contribution is 2.74. The first-order valence-corrected chi connectivity index (χ1v) is 30.4. The number of halogens is 3. The summed E-state index contributed by atoms with van der Waals surface area (Å²) in [6.07, 6.45) is 13.3. The van der Waals surface area contributed by atoms with Crippen molar-refractivity contribution in [1.82, 2.24) is 0 Å². The molecule has 0 spiro atoms. The summed E-state index contributed by atoms with van der Waals surface area (Å²) in [4.78, 5) is 73.1. The van der Waals surface area contributed by atoms with E-state index in [-0.39, 0.29) is 54.4 Å². The Labute approximate surface area is 489 Å². The quantitative estimate of drug-likeness (QED) is 0.155. The standard InChI is InChI=1S/3C22H29FO5/c3*1-12-8-16-15-5-4-13-9-14(25)6-7-19(13,2)21(15,23)17(26)10-20(16,3)22(12,28)18(27)11-24/h3*6-7,9,12,15-17,24,26,28H,4-5,8,10-11H2,1-3H3/t3*12-,15+,16+,17+,19+,20+,21+,22+/m111/s1. The number of Topliss-reactive ketones (excluding diaryl/α,β-unsaturated/α-hetero) is 3. The fraction of sp³-hybridized carbons (Fsp3) is 0.727. The van der Waals surface area contributed by atoms with E-state index in [9.17, 15) is 74.7 Å². The zero-order valence-electron chi connectivity index (χ0n) is 49.8. The van der Waals surface area contributed by atoms with E-state index in [2.05, 4.69) is 0 Å². The number of alkyl halides is 3. The Kier molecular flexibility index (Phi) is 14.9. The van der Waals surface area contributed by atoms with Crippen LogP contribution in [0.15, 0.2) is 71.4 Å². The fourth-order valence-electron chi connectivity index (χ4n) is 21.8. The van der Waals surface area contributed by atoms with Gasteiger partial charge < -0.3 is 46.0 Å². The number of fused-ring (bicyclic) bond motifs is 15. The van der Waals surface area contributed by atoms with Crippen LogP contribution in [0.2, 0.25) is 0 Å². The van der Waals surface area contributed by atoms with Gasteiger partial charge in [-0.3, -0.25) is 28.8 Å². The summed E-state index contributed by atoms with van der Waals surface area (Å²) in [6, 6.07) is 0. The van der Waals surface area contributed by atoms with Gasteiger partial charge in [-0.1, -0.05) is 76.5 Å². The van der Waals surface area contributed by atoms with E-state index >= 15 is 13.2 Å². The van der Waals surface area contributed by atoms with Gasteiger partial charge in [-0.25, -0.2) is 13.2 Å². The highest BCUT2D eigenvalue weighted by Gasteiger charge is 2.79. The third-order valence-corrected chi connectivity index (χ3v) is 26.4. The van der Waals surface area contributed by atoms with Crippen LogP contribution < -0.4 is 0 Å². The molecule has 0 aromatic carbocycles. The minimum atomic E-state index is -1.98. The van der Waals surface area contributed by atoms with Crippen LogP contribution in [0.3, 0.4) is 0 Å². The molecule has 12 aliphatic rings. The van der Waals surface area contributed by atoms with E-state index in [0.29, 0.717) is 74.5 Å². The van der Waals surface area contributed by atoms with E-state index < -0.39 is 157 Å². The Morgan fingerprint density at radius 1 is 0.440 bits per heavy atom. The molecule has 0 amide bonds. The summed E-state index contributed by atoms with van der Waals surface area (Å²) in [6.45, 7) is 13.4. The molecule has 0 aliphatic heterocycles. The summed E-state index contributed by atoms with van der Waals surface area (Å²) in [7, 11) is 0. The zero-order valence-corrected chi connectivity index (χ0v) is 49.8. The van der Waals surface area contributed by atoms with Crippen LogP contribution in [0.1, 0.15) is 139 Å². The van der Waals surface area contributed by atoms with Gasteiger partial charge in [0.1, 0.15) is 36.6 Å². The van der Waals surface area contributed by atoms with Crippen molar-refractivity contribution in [2.24, 2.45) is 85.8 Å². The van der Waals surface area contributed by atoms with Crippen molar-refractivity contribution in [3.63, 3.8) is 0 Å². The van der Waals surface area contributed by atoms with Gasteiger partial charge in [-0.15, -0.1) is 0 Å². The Bertz CT molecular complexity index is 2730. The summed E-state index contributed by atoms with van der Waals surface area (Å²) >= 11 is 0. The first-order valence-electron chi connectivity index (χ1n) is 30.4. The molecule has 18 heteroatoms. The molecule has 84 heavy (non-hydrogen) atoms. The molecule has 9 fully saturated rings. The minimum Gasteiger partial charge on any atom is -0.390 e.